The number of ether oxygens (including phenoxy) is 1. The van der Waals surface area contributed by atoms with E-state index < -0.39 is 18.1 Å². The summed E-state index contributed by atoms with van der Waals surface area (Å²) in [5.41, 5.74) is 1.71. The average Bonchev–Trinajstić information content (AvgIpc) is 2.67. The number of nitrogens with one attached hydrogen (secondary N) is 2. The lowest BCUT2D eigenvalue weighted by Gasteiger charge is -2.19. The van der Waals surface area contributed by atoms with E-state index >= 15 is 0 Å². The number of carboxylic acid groups (broad SMARTS) is 1. The van der Waals surface area contributed by atoms with Crippen LogP contribution in [-0.2, 0) is 16.2 Å². The average molecular weight is 370 g/mol. The Morgan fingerprint density at radius 3 is 2.33 bits per heavy atom. The van der Waals surface area contributed by atoms with Gasteiger partial charge >= 0.3 is 5.97 Å². The molecule has 0 aliphatic rings. The van der Waals surface area contributed by atoms with Crippen molar-refractivity contribution in [2.24, 2.45) is 0 Å². The third-order valence-electron chi connectivity index (χ3n) is 4.09. The quantitative estimate of drug-likeness (QED) is 0.596. The van der Waals surface area contributed by atoms with Gasteiger partial charge in [0.25, 0.3) is 0 Å². The molecule has 144 valence electrons. The predicted octanol–water partition coefficient (Wildman–Crippen LogP) is 3.44. The van der Waals surface area contributed by atoms with Crippen LogP contribution in [0.5, 0.6) is 5.75 Å². The van der Waals surface area contributed by atoms with Gasteiger partial charge in [0.15, 0.2) is 0 Å². The van der Waals surface area contributed by atoms with Crippen LogP contribution >= 0.6 is 0 Å². The van der Waals surface area contributed by atoms with Crippen LogP contribution in [0, 0.1) is 0 Å². The molecule has 0 radical (unpaired) electrons. The van der Waals surface area contributed by atoms with Crippen molar-refractivity contribution in [2.45, 2.75) is 45.4 Å². The number of aliphatic carboxylic acids is 1. The maximum absolute atomic E-state index is 12.3. The molecule has 2 atom stereocenters. The number of benzene rings is 2. The van der Waals surface area contributed by atoms with E-state index in [1.165, 1.54) is 0 Å². The Labute approximate surface area is 159 Å². The molecule has 0 spiro atoms. The van der Waals surface area contributed by atoms with Gasteiger partial charge in [-0.25, -0.2) is 0 Å². The summed E-state index contributed by atoms with van der Waals surface area (Å²) in [7, 11) is 0. The lowest BCUT2D eigenvalue weighted by molar-refractivity contribution is -0.140. The lowest BCUT2D eigenvalue weighted by Crippen LogP contribution is -2.47. The molecule has 0 aliphatic carbocycles. The lowest BCUT2D eigenvalue weighted by atomic mass is 10.1. The normalized spacial score (nSPS) is 12.8. The van der Waals surface area contributed by atoms with E-state index in [1.807, 2.05) is 37.3 Å². The van der Waals surface area contributed by atoms with Gasteiger partial charge in [-0.3, -0.25) is 14.9 Å². The van der Waals surface area contributed by atoms with Crippen molar-refractivity contribution in [2.75, 3.05) is 5.32 Å². The summed E-state index contributed by atoms with van der Waals surface area (Å²) >= 11 is 0. The Balaban J connectivity index is 1.85. The first-order chi connectivity index (χ1) is 13.0. The molecule has 2 unspecified atom stereocenters. The van der Waals surface area contributed by atoms with Crippen molar-refractivity contribution in [3.63, 3.8) is 0 Å². The summed E-state index contributed by atoms with van der Waals surface area (Å²) in [6.07, 6.45) is 1.20. The molecular weight excluding hydrogens is 344 g/mol. The van der Waals surface area contributed by atoms with E-state index in [4.69, 9.17) is 4.74 Å². The summed E-state index contributed by atoms with van der Waals surface area (Å²) in [6.45, 7) is 4.03. The summed E-state index contributed by atoms with van der Waals surface area (Å²) in [6, 6.07) is 15.6. The van der Waals surface area contributed by atoms with Crippen LogP contribution in [-0.4, -0.2) is 29.1 Å². The molecule has 6 heteroatoms. The van der Waals surface area contributed by atoms with Crippen molar-refractivity contribution >= 4 is 17.6 Å². The fourth-order valence-electron chi connectivity index (χ4n) is 2.57. The molecule has 0 aromatic heterocycles. The van der Waals surface area contributed by atoms with Crippen molar-refractivity contribution in [3.05, 3.63) is 60.2 Å². The number of carbonyl (C=O) groups excluding carboxylic acids is 1. The van der Waals surface area contributed by atoms with Crippen LogP contribution in [0.4, 0.5) is 5.69 Å². The molecule has 2 rings (SSSR count). The number of anilines is 1. The highest BCUT2D eigenvalue weighted by atomic mass is 16.5. The molecule has 2 aromatic carbocycles. The zero-order valence-corrected chi connectivity index (χ0v) is 15.6. The number of hydrogen-bond acceptors (Lipinski definition) is 4. The number of rotatable bonds is 10. The summed E-state index contributed by atoms with van der Waals surface area (Å²) in [5, 5.41) is 14.8. The van der Waals surface area contributed by atoms with Crippen molar-refractivity contribution in [1.29, 1.82) is 0 Å². The molecule has 0 saturated heterocycles. The summed E-state index contributed by atoms with van der Waals surface area (Å²) < 4.78 is 5.72. The van der Waals surface area contributed by atoms with Gasteiger partial charge in [0.05, 0.1) is 6.04 Å². The molecule has 0 aliphatic heterocycles. The number of amides is 1. The second-order valence-corrected chi connectivity index (χ2v) is 6.36. The predicted molar refractivity (Wildman–Crippen MR) is 105 cm³/mol. The molecule has 3 N–H and O–H groups in total. The first-order valence-corrected chi connectivity index (χ1v) is 9.06. The second kappa shape index (κ2) is 10.3. The SMILES string of the molecule is CCCC(NC(C)C(=O)Nc1ccc(OCc2ccccc2)cc1)C(=O)O. The number of carboxylic acids is 1. The van der Waals surface area contributed by atoms with Crippen molar-refractivity contribution < 1.29 is 19.4 Å². The van der Waals surface area contributed by atoms with Gasteiger partial charge in [-0.05, 0) is 43.2 Å². The van der Waals surface area contributed by atoms with E-state index in [2.05, 4.69) is 10.6 Å². The molecule has 0 bridgehead atoms. The first-order valence-electron chi connectivity index (χ1n) is 9.06. The van der Waals surface area contributed by atoms with Crippen molar-refractivity contribution in [3.8, 4) is 5.75 Å². The zero-order valence-electron chi connectivity index (χ0n) is 15.6. The molecule has 0 heterocycles. The maximum atomic E-state index is 12.3. The van der Waals surface area contributed by atoms with Gasteiger partial charge in [0, 0.05) is 5.69 Å². The van der Waals surface area contributed by atoms with Crippen LogP contribution in [0.3, 0.4) is 0 Å². The topological polar surface area (TPSA) is 87.7 Å². The smallest absolute Gasteiger partial charge is 0.320 e. The highest BCUT2D eigenvalue weighted by Gasteiger charge is 2.22. The first kappa shape index (κ1) is 20.5. The largest absolute Gasteiger partial charge is 0.489 e. The fraction of sp³-hybridized carbons (Fsp3) is 0.333. The standard InChI is InChI=1S/C21H26N2O4/c1-3-7-19(21(25)26)22-15(2)20(24)23-17-10-12-18(13-11-17)27-14-16-8-5-4-6-9-16/h4-6,8-13,15,19,22H,3,7,14H2,1-2H3,(H,23,24)(H,25,26). The van der Waals surface area contributed by atoms with Crippen LogP contribution in [0.1, 0.15) is 32.3 Å². The van der Waals surface area contributed by atoms with Gasteiger partial charge in [0.1, 0.15) is 18.4 Å². The number of carbonyl (C=O) groups is 2. The second-order valence-electron chi connectivity index (χ2n) is 6.36. The van der Waals surface area contributed by atoms with Gasteiger partial charge in [-0.2, -0.15) is 0 Å². The van der Waals surface area contributed by atoms with Crippen LogP contribution in [0.25, 0.3) is 0 Å². The Bertz CT molecular complexity index is 732. The zero-order chi connectivity index (χ0) is 19.6. The minimum absolute atomic E-state index is 0.282. The summed E-state index contributed by atoms with van der Waals surface area (Å²) in [5.74, 6) is -0.524. The molecule has 0 saturated carbocycles. The van der Waals surface area contributed by atoms with E-state index in [-0.39, 0.29) is 5.91 Å². The molecular formula is C21H26N2O4. The third kappa shape index (κ3) is 6.75. The Morgan fingerprint density at radius 2 is 1.74 bits per heavy atom. The van der Waals surface area contributed by atoms with E-state index in [9.17, 15) is 14.7 Å². The Kier molecular flexibility index (Phi) is 7.82. The van der Waals surface area contributed by atoms with E-state index in [0.29, 0.717) is 24.5 Å². The van der Waals surface area contributed by atoms with Crippen LogP contribution in [0.15, 0.2) is 54.6 Å². The van der Waals surface area contributed by atoms with Gasteiger partial charge in [-0.1, -0.05) is 43.7 Å². The molecule has 1 amide bonds. The van der Waals surface area contributed by atoms with Gasteiger partial charge in [0.2, 0.25) is 5.91 Å². The Hall–Kier alpha value is -2.86. The third-order valence-corrected chi connectivity index (χ3v) is 4.09. The fourth-order valence-corrected chi connectivity index (χ4v) is 2.57. The van der Waals surface area contributed by atoms with Gasteiger partial charge in [-0.15, -0.1) is 0 Å². The van der Waals surface area contributed by atoms with E-state index in [0.717, 1.165) is 12.0 Å². The van der Waals surface area contributed by atoms with Gasteiger partial charge < -0.3 is 15.2 Å². The highest BCUT2D eigenvalue weighted by molar-refractivity contribution is 5.95. The minimum Gasteiger partial charge on any atom is -0.489 e. The van der Waals surface area contributed by atoms with Crippen molar-refractivity contribution in [1.82, 2.24) is 5.32 Å². The monoisotopic (exact) mass is 370 g/mol. The molecule has 0 fully saturated rings. The Morgan fingerprint density at radius 1 is 1.07 bits per heavy atom. The number of hydrogen-bond donors (Lipinski definition) is 3. The minimum atomic E-state index is -0.948. The molecule has 27 heavy (non-hydrogen) atoms. The highest BCUT2D eigenvalue weighted by Crippen LogP contribution is 2.17. The van der Waals surface area contributed by atoms with E-state index in [1.54, 1.807) is 31.2 Å². The van der Waals surface area contributed by atoms with Crippen LogP contribution < -0.4 is 15.4 Å². The summed E-state index contributed by atoms with van der Waals surface area (Å²) in [4.78, 5) is 23.5. The molecule has 2 aromatic rings. The maximum Gasteiger partial charge on any atom is 0.320 e. The molecule has 6 nitrogen and oxygen atoms in total. The van der Waals surface area contributed by atoms with Crippen LogP contribution in [0.2, 0.25) is 0 Å².